The Balaban J connectivity index is 1.67. The summed E-state index contributed by atoms with van der Waals surface area (Å²) in [6, 6.07) is 11.7. The first-order chi connectivity index (χ1) is 12.5. The summed E-state index contributed by atoms with van der Waals surface area (Å²) >= 11 is 1.48. The van der Waals surface area contributed by atoms with E-state index >= 15 is 0 Å². The summed E-state index contributed by atoms with van der Waals surface area (Å²) in [6.07, 6.45) is 2.69. The Morgan fingerprint density at radius 1 is 1.23 bits per heavy atom. The van der Waals surface area contributed by atoms with Gasteiger partial charge >= 0.3 is 0 Å². The van der Waals surface area contributed by atoms with E-state index in [1.807, 2.05) is 37.3 Å². The molecule has 1 atom stereocenters. The largest absolute Gasteiger partial charge is 0.467 e. The maximum Gasteiger partial charge on any atom is 0.231 e. The lowest BCUT2D eigenvalue weighted by atomic mass is 10.1. The monoisotopic (exact) mass is 371 g/mol. The van der Waals surface area contributed by atoms with Gasteiger partial charge in [-0.1, -0.05) is 37.7 Å². The van der Waals surface area contributed by atoms with Crippen LogP contribution in [-0.4, -0.2) is 21.2 Å². The molecule has 0 fully saturated rings. The highest BCUT2D eigenvalue weighted by Gasteiger charge is 2.15. The topological polar surface area (TPSA) is 60.1 Å². The van der Waals surface area contributed by atoms with E-state index < -0.39 is 0 Å². The zero-order valence-electron chi connectivity index (χ0n) is 15.4. The molecule has 1 amide bonds. The van der Waals surface area contributed by atoms with Gasteiger partial charge in [0.25, 0.3) is 0 Å². The molecule has 5 nitrogen and oxygen atoms in total. The second-order valence-electron chi connectivity index (χ2n) is 6.81. The number of carbonyl (C=O) groups is 1. The maximum absolute atomic E-state index is 12.3. The van der Waals surface area contributed by atoms with Crippen LogP contribution in [0.4, 0.5) is 0 Å². The highest BCUT2D eigenvalue weighted by atomic mass is 32.2. The molecule has 2 aromatic heterocycles. The number of aryl methyl sites for hydroxylation is 1. The Hall–Kier alpha value is -2.21. The van der Waals surface area contributed by atoms with E-state index in [4.69, 9.17) is 9.40 Å². The smallest absolute Gasteiger partial charge is 0.231 e. The van der Waals surface area contributed by atoms with Crippen molar-refractivity contribution in [2.75, 3.05) is 5.75 Å². The van der Waals surface area contributed by atoms with Crippen LogP contribution in [-0.2, 0) is 11.3 Å². The number of furan rings is 1. The summed E-state index contributed by atoms with van der Waals surface area (Å²) in [5.41, 5.74) is 2.10. The van der Waals surface area contributed by atoms with Crippen molar-refractivity contribution in [1.82, 2.24) is 14.9 Å². The molecule has 1 N–H and O–H groups in total. The van der Waals surface area contributed by atoms with Crippen LogP contribution in [0.25, 0.3) is 11.0 Å². The summed E-state index contributed by atoms with van der Waals surface area (Å²) in [7, 11) is 0. The molecule has 0 aliphatic rings. The minimum atomic E-state index is -0.141. The Morgan fingerprint density at radius 3 is 2.77 bits per heavy atom. The number of aromatic nitrogens is 2. The third-order valence-corrected chi connectivity index (χ3v) is 5.21. The first-order valence-electron chi connectivity index (χ1n) is 8.95. The zero-order chi connectivity index (χ0) is 18.5. The standard InChI is InChI=1S/C20H25N3O2S/c1-14(2)10-11-23-17-8-5-4-7-16(17)22-20(23)26-13-19(24)21-15(3)18-9-6-12-25-18/h4-9,12,14-15H,10-11,13H2,1-3H3,(H,21,24)/t15-/m1/s1. The van der Waals surface area contributed by atoms with Gasteiger partial charge in [-0.15, -0.1) is 0 Å². The van der Waals surface area contributed by atoms with Gasteiger partial charge in [-0.2, -0.15) is 0 Å². The fourth-order valence-corrected chi connectivity index (χ4v) is 3.64. The first kappa shape index (κ1) is 18.6. The molecule has 138 valence electrons. The normalized spacial score (nSPS) is 12.6. The van der Waals surface area contributed by atoms with Crippen molar-refractivity contribution in [3.8, 4) is 0 Å². The highest BCUT2D eigenvalue weighted by Crippen LogP contribution is 2.25. The average molecular weight is 372 g/mol. The molecule has 0 bridgehead atoms. The van der Waals surface area contributed by atoms with Crippen molar-refractivity contribution >= 4 is 28.7 Å². The number of amides is 1. The van der Waals surface area contributed by atoms with Gasteiger partial charge in [-0.25, -0.2) is 4.98 Å². The van der Waals surface area contributed by atoms with Gasteiger partial charge in [0.1, 0.15) is 5.76 Å². The molecule has 0 spiro atoms. The maximum atomic E-state index is 12.3. The van der Waals surface area contributed by atoms with E-state index in [0.29, 0.717) is 11.7 Å². The lowest BCUT2D eigenvalue weighted by molar-refractivity contribution is -0.119. The molecule has 0 aliphatic carbocycles. The average Bonchev–Trinajstić information content (AvgIpc) is 3.26. The van der Waals surface area contributed by atoms with Crippen LogP contribution >= 0.6 is 11.8 Å². The van der Waals surface area contributed by atoms with Gasteiger partial charge in [-0.05, 0) is 43.5 Å². The van der Waals surface area contributed by atoms with Crippen molar-refractivity contribution in [2.24, 2.45) is 5.92 Å². The number of nitrogens with one attached hydrogen (secondary N) is 1. The summed E-state index contributed by atoms with van der Waals surface area (Å²) in [5.74, 6) is 1.68. The Labute approximate surface area is 158 Å². The molecule has 3 aromatic rings. The number of carbonyl (C=O) groups excluding carboxylic acids is 1. The van der Waals surface area contributed by atoms with Gasteiger partial charge in [-0.3, -0.25) is 4.79 Å². The third-order valence-electron chi connectivity index (χ3n) is 4.23. The molecule has 1 aromatic carbocycles. The number of fused-ring (bicyclic) bond motifs is 1. The Bertz CT molecular complexity index is 855. The number of imidazole rings is 1. The van der Waals surface area contributed by atoms with Crippen LogP contribution in [0.5, 0.6) is 0 Å². The Kier molecular flexibility index (Phi) is 6.04. The van der Waals surface area contributed by atoms with Gasteiger partial charge < -0.3 is 14.3 Å². The van der Waals surface area contributed by atoms with Gasteiger partial charge in [0, 0.05) is 6.54 Å². The number of nitrogens with zero attached hydrogens (tertiary/aromatic N) is 2. The number of thioether (sulfide) groups is 1. The fraction of sp³-hybridized carbons (Fsp3) is 0.400. The van der Waals surface area contributed by atoms with Crippen molar-refractivity contribution in [3.63, 3.8) is 0 Å². The van der Waals surface area contributed by atoms with Gasteiger partial charge in [0.05, 0.1) is 29.1 Å². The number of rotatable bonds is 8. The minimum absolute atomic E-state index is 0.0265. The summed E-state index contributed by atoms with van der Waals surface area (Å²) in [5, 5.41) is 3.86. The van der Waals surface area contributed by atoms with Gasteiger partial charge in [0.15, 0.2) is 5.16 Å². The SMILES string of the molecule is CC(C)CCn1c(SCC(=O)N[C@H](C)c2ccco2)nc2ccccc21. The van der Waals surface area contributed by atoms with E-state index in [9.17, 15) is 4.79 Å². The predicted octanol–water partition coefficient (Wildman–Crippen LogP) is 4.64. The lowest BCUT2D eigenvalue weighted by Gasteiger charge is -2.12. The number of hydrogen-bond acceptors (Lipinski definition) is 4. The van der Waals surface area contributed by atoms with Crippen LogP contribution in [0, 0.1) is 5.92 Å². The van der Waals surface area contributed by atoms with Gasteiger partial charge in [0.2, 0.25) is 5.91 Å². The lowest BCUT2D eigenvalue weighted by Crippen LogP contribution is -2.28. The van der Waals surface area contributed by atoms with E-state index in [1.165, 1.54) is 11.8 Å². The Morgan fingerprint density at radius 2 is 2.04 bits per heavy atom. The summed E-state index contributed by atoms with van der Waals surface area (Å²) < 4.78 is 7.56. The van der Waals surface area contributed by atoms with Crippen molar-refractivity contribution in [2.45, 2.75) is 44.9 Å². The van der Waals surface area contributed by atoms with Crippen LogP contribution in [0.2, 0.25) is 0 Å². The van der Waals surface area contributed by atoms with E-state index in [-0.39, 0.29) is 11.9 Å². The summed E-state index contributed by atoms with van der Waals surface area (Å²) in [4.78, 5) is 17.0. The van der Waals surface area contributed by atoms with Crippen molar-refractivity contribution in [3.05, 3.63) is 48.4 Å². The van der Waals surface area contributed by atoms with E-state index in [2.05, 4.69) is 29.8 Å². The molecule has 0 aliphatic heterocycles. The van der Waals surface area contributed by atoms with Crippen LogP contribution < -0.4 is 5.32 Å². The molecular formula is C20H25N3O2S. The minimum Gasteiger partial charge on any atom is -0.467 e. The molecular weight excluding hydrogens is 346 g/mol. The fourth-order valence-electron chi connectivity index (χ4n) is 2.79. The molecule has 0 radical (unpaired) electrons. The second kappa shape index (κ2) is 8.45. The van der Waals surface area contributed by atoms with Crippen molar-refractivity contribution < 1.29 is 9.21 Å². The quantitative estimate of drug-likeness (QED) is 0.586. The van der Waals surface area contributed by atoms with Crippen molar-refractivity contribution in [1.29, 1.82) is 0 Å². The number of para-hydroxylation sites is 2. The second-order valence-corrected chi connectivity index (χ2v) is 7.75. The molecule has 6 heteroatoms. The molecule has 0 saturated heterocycles. The predicted molar refractivity (Wildman–Crippen MR) is 105 cm³/mol. The summed E-state index contributed by atoms with van der Waals surface area (Å²) in [6.45, 7) is 7.26. The van der Waals surface area contributed by atoms with E-state index in [0.717, 1.165) is 34.9 Å². The van der Waals surface area contributed by atoms with Crippen LogP contribution in [0.3, 0.4) is 0 Å². The number of hydrogen-bond donors (Lipinski definition) is 1. The third kappa shape index (κ3) is 4.49. The first-order valence-corrected chi connectivity index (χ1v) is 9.94. The molecule has 26 heavy (non-hydrogen) atoms. The molecule has 2 heterocycles. The number of benzene rings is 1. The molecule has 0 saturated carbocycles. The van der Waals surface area contributed by atoms with Crippen LogP contribution in [0.1, 0.15) is 39.0 Å². The molecule has 0 unspecified atom stereocenters. The van der Waals surface area contributed by atoms with Crippen LogP contribution in [0.15, 0.2) is 52.2 Å². The van der Waals surface area contributed by atoms with E-state index in [1.54, 1.807) is 6.26 Å². The molecule has 3 rings (SSSR count). The highest BCUT2D eigenvalue weighted by molar-refractivity contribution is 7.99. The zero-order valence-corrected chi connectivity index (χ0v) is 16.3.